The maximum absolute atomic E-state index is 6.15. The van der Waals surface area contributed by atoms with Crippen LogP contribution in [0.2, 0.25) is 0 Å². The van der Waals surface area contributed by atoms with Crippen molar-refractivity contribution in [3.8, 4) is 0 Å². The maximum Gasteiger partial charge on any atom is 0.0902 e. The van der Waals surface area contributed by atoms with Crippen LogP contribution in [0.4, 0.5) is 0 Å². The predicted molar refractivity (Wildman–Crippen MR) is 68.8 cm³/mol. The van der Waals surface area contributed by atoms with E-state index in [4.69, 9.17) is 4.74 Å². The summed E-state index contributed by atoms with van der Waals surface area (Å²) in [5.74, 6) is 0.923. The Morgan fingerprint density at radius 2 is 2.00 bits per heavy atom. The van der Waals surface area contributed by atoms with Crippen LogP contribution in [0.5, 0.6) is 0 Å². The van der Waals surface area contributed by atoms with E-state index in [9.17, 15) is 0 Å². The summed E-state index contributed by atoms with van der Waals surface area (Å²) < 4.78 is 6.15. The van der Waals surface area contributed by atoms with Crippen LogP contribution in [0.15, 0.2) is 11.6 Å². The van der Waals surface area contributed by atoms with Crippen molar-refractivity contribution >= 4 is 0 Å². The molecule has 94 valence electrons. The normalized spacial score (nSPS) is 50.7. The van der Waals surface area contributed by atoms with Gasteiger partial charge in [0.05, 0.1) is 12.2 Å². The van der Waals surface area contributed by atoms with E-state index in [1.807, 2.05) is 0 Å². The minimum Gasteiger partial charge on any atom is -0.367 e. The van der Waals surface area contributed by atoms with Crippen molar-refractivity contribution in [3.05, 3.63) is 11.6 Å². The zero-order chi connectivity index (χ0) is 11.7. The summed E-state index contributed by atoms with van der Waals surface area (Å²) in [4.78, 5) is 0. The zero-order valence-corrected chi connectivity index (χ0v) is 11.2. The van der Waals surface area contributed by atoms with Crippen LogP contribution in [0.3, 0.4) is 0 Å². The van der Waals surface area contributed by atoms with Gasteiger partial charge >= 0.3 is 0 Å². The van der Waals surface area contributed by atoms with Crippen LogP contribution in [-0.2, 0) is 4.74 Å². The van der Waals surface area contributed by atoms with Crippen LogP contribution in [-0.4, -0.2) is 12.2 Å². The van der Waals surface area contributed by atoms with Gasteiger partial charge in [0.1, 0.15) is 0 Å². The lowest BCUT2D eigenvalue weighted by Gasteiger charge is -2.55. The molecule has 1 spiro atoms. The third kappa shape index (κ3) is 1.10. The summed E-state index contributed by atoms with van der Waals surface area (Å²) >= 11 is 0. The molecule has 3 fully saturated rings. The average Bonchev–Trinajstić information content (AvgIpc) is 2.75. The van der Waals surface area contributed by atoms with E-state index < -0.39 is 0 Å². The summed E-state index contributed by atoms with van der Waals surface area (Å²) in [6, 6.07) is 0. The monoisotopic (exact) mass is 232 g/mol. The lowest BCUT2D eigenvalue weighted by molar-refractivity contribution is -0.0439. The van der Waals surface area contributed by atoms with Crippen LogP contribution in [0.1, 0.15) is 58.8 Å². The Kier molecular flexibility index (Phi) is 1.86. The van der Waals surface area contributed by atoms with E-state index in [0.29, 0.717) is 10.8 Å². The fourth-order valence-electron chi connectivity index (χ4n) is 5.93. The molecule has 0 N–H and O–H groups in total. The van der Waals surface area contributed by atoms with Gasteiger partial charge in [-0.3, -0.25) is 0 Å². The Morgan fingerprint density at radius 3 is 2.88 bits per heavy atom. The molecule has 4 aliphatic rings. The quantitative estimate of drug-likeness (QED) is 0.572. The molecule has 0 radical (unpaired) electrons. The molecule has 3 saturated carbocycles. The lowest BCUT2D eigenvalue weighted by atomic mass is 9.50. The fraction of sp³-hybridized carbons (Fsp3) is 0.875. The topological polar surface area (TPSA) is 9.23 Å². The molecule has 0 aromatic heterocycles. The van der Waals surface area contributed by atoms with Gasteiger partial charge in [-0.2, -0.15) is 0 Å². The first-order chi connectivity index (χ1) is 8.09. The van der Waals surface area contributed by atoms with Gasteiger partial charge in [-0.25, -0.2) is 0 Å². The smallest absolute Gasteiger partial charge is 0.0902 e. The molecule has 0 amide bonds. The van der Waals surface area contributed by atoms with E-state index in [0.717, 1.165) is 12.5 Å². The molecule has 17 heavy (non-hydrogen) atoms. The Hall–Kier alpha value is -0.300. The molecule has 1 nitrogen and oxygen atoms in total. The summed E-state index contributed by atoms with van der Waals surface area (Å²) in [6.45, 7) is 5.92. The van der Waals surface area contributed by atoms with Crippen molar-refractivity contribution in [2.24, 2.45) is 16.7 Å². The molecule has 1 heterocycles. The van der Waals surface area contributed by atoms with Crippen molar-refractivity contribution in [1.29, 1.82) is 0 Å². The average molecular weight is 232 g/mol. The van der Waals surface area contributed by atoms with Crippen LogP contribution >= 0.6 is 0 Å². The molecule has 3 aliphatic carbocycles. The molecular formula is C16H24O. The van der Waals surface area contributed by atoms with E-state index in [1.165, 1.54) is 44.9 Å². The highest BCUT2D eigenvalue weighted by Gasteiger charge is 2.64. The van der Waals surface area contributed by atoms with Gasteiger partial charge in [0.25, 0.3) is 0 Å². The second kappa shape index (κ2) is 2.99. The molecule has 0 unspecified atom stereocenters. The Balaban J connectivity index is 1.85. The minimum atomic E-state index is 0.212. The summed E-state index contributed by atoms with van der Waals surface area (Å²) in [6.07, 6.45) is 12.2. The number of rotatable bonds is 0. The molecule has 0 saturated heterocycles. The number of hydrogen-bond donors (Lipinski definition) is 0. The second-order valence-electron chi connectivity index (χ2n) is 7.51. The highest BCUT2D eigenvalue weighted by molar-refractivity contribution is 5.38. The van der Waals surface area contributed by atoms with E-state index >= 15 is 0 Å². The van der Waals surface area contributed by atoms with Crippen molar-refractivity contribution in [3.63, 3.8) is 0 Å². The highest BCUT2D eigenvalue weighted by atomic mass is 16.5. The summed E-state index contributed by atoms with van der Waals surface area (Å²) in [5, 5.41) is 0. The molecule has 0 aromatic carbocycles. The van der Waals surface area contributed by atoms with Gasteiger partial charge in [-0.05, 0) is 60.8 Å². The third-order valence-electron chi connectivity index (χ3n) is 6.54. The van der Waals surface area contributed by atoms with Crippen molar-refractivity contribution < 1.29 is 4.74 Å². The molecule has 0 aromatic rings. The van der Waals surface area contributed by atoms with Gasteiger partial charge in [0.2, 0.25) is 0 Å². The molecule has 4 rings (SSSR count). The summed E-state index contributed by atoms with van der Waals surface area (Å²) in [5.41, 5.74) is 3.06. The van der Waals surface area contributed by atoms with E-state index in [2.05, 4.69) is 19.9 Å². The largest absolute Gasteiger partial charge is 0.367 e. The molecule has 1 heteroatoms. The first-order valence-corrected chi connectivity index (χ1v) is 7.44. The van der Waals surface area contributed by atoms with Crippen LogP contribution in [0.25, 0.3) is 0 Å². The van der Waals surface area contributed by atoms with Gasteiger partial charge < -0.3 is 4.74 Å². The molecule has 1 aliphatic heterocycles. The number of hydrogen-bond acceptors (Lipinski definition) is 1. The van der Waals surface area contributed by atoms with Crippen molar-refractivity contribution in [2.75, 3.05) is 6.61 Å². The predicted octanol–water partition coefficient (Wildman–Crippen LogP) is 4.08. The van der Waals surface area contributed by atoms with Gasteiger partial charge in [0.15, 0.2) is 0 Å². The Bertz CT molecular complexity index is 394. The van der Waals surface area contributed by atoms with Gasteiger partial charge in [0, 0.05) is 0 Å². The van der Waals surface area contributed by atoms with E-state index in [-0.39, 0.29) is 5.60 Å². The third-order valence-corrected chi connectivity index (χ3v) is 6.54. The van der Waals surface area contributed by atoms with Crippen molar-refractivity contribution in [2.45, 2.75) is 64.4 Å². The molecule has 3 atom stereocenters. The van der Waals surface area contributed by atoms with Crippen LogP contribution < -0.4 is 0 Å². The SMILES string of the molecule is CC1(C)CCC[C@@]23CC[C@]4(CC[C@@H]12)OCC=C43. The summed E-state index contributed by atoms with van der Waals surface area (Å²) in [7, 11) is 0. The van der Waals surface area contributed by atoms with Crippen molar-refractivity contribution in [1.82, 2.24) is 0 Å². The van der Waals surface area contributed by atoms with Gasteiger partial charge in [-0.15, -0.1) is 0 Å². The van der Waals surface area contributed by atoms with E-state index in [1.54, 1.807) is 5.57 Å². The number of ether oxygens (including phenoxy) is 1. The minimum absolute atomic E-state index is 0.212. The standard InChI is InChI=1S/C16H24O/c1-14(2)6-3-7-15-9-10-16(8-4-12(14)15)13(15)5-11-17-16/h5,12H,3-4,6-11H2,1-2H3/t12-,15+,16-/m0/s1. The Morgan fingerprint density at radius 1 is 1.12 bits per heavy atom. The fourth-order valence-corrected chi connectivity index (χ4v) is 5.93. The lowest BCUT2D eigenvalue weighted by Crippen LogP contribution is -2.48. The highest BCUT2D eigenvalue weighted by Crippen LogP contribution is 2.70. The molecular weight excluding hydrogens is 208 g/mol. The van der Waals surface area contributed by atoms with Crippen LogP contribution in [0, 0.1) is 16.7 Å². The Labute approximate surface area is 105 Å². The zero-order valence-electron chi connectivity index (χ0n) is 11.2. The second-order valence-corrected chi connectivity index (χ2v) is 7.51. The first-order valence-electron chi connectivity index (χ1n) is 7.44. The molecule has 2 bridgehead atoms. The first kappa shape index (κ1) is 10.6. The van der Waals surface area contributed by atoms with Gasteiger partial charge in [-0.1, -0.05) is 26.3 Å². The maximum atomic E-state index is 6.15.